The molecule has 0 aromatic carbocycles. The van der Waals surface area contributed by atoms with Crippen LogP contribution >= 0.6 is 0 Å². The normalized spacial score (nSPS) is 31.2. The average molecular weight is 347 g/mol. The fraction of sp³-hybridized carbons (Fsp3) is 0.737. The molecule has 0 unspecified atom stereocenters. The van der Waals surface area contributed by atoms with Crippen LogP contribution in [0.5, 0.6) is 0 Å². The molecule has 138 valence electrons. The van der Waals surface area contributed by atoms with Gasteiger partial charge in [-0.1, -0.05) is 26.0 Å². The Morgan fingerprint density at radius 1 is 1.12 bits per heavy atom. The van der Waals surface area contributed by atoms with Gasteiger partial charge in [0.1, 0.15) is 6.17 Å². The summed E-state index contributed by atoms with van der Waals surface area (Å²) in [6.07, 6.45) is 7.33. The van der Waals surface area contributed by atoms with Gasteiger partial charge in [-0.15, -0.1) is 0 Å². The van der Waals surface area contributed by atoms with Crippen molar-refractivity contribution in [1.82, 2.24) is 15.1 Å². The van der Waals surface area contributed by atoms with E-state index in [1.165, 1.54) is 4.90 Å². The van der Waals surface area contributed by atoms with Crippen molar-refractivity contribution in [3.63, 3.8) is 0 Å². The molecule has 6 heteroatoms. The summed E-state index contributed by atoms with van der Waals surface area (Å²) < 4.78 is 0. The third-order valence-corrected chi connectivity index (χ3v) is 5.79. The fourth-order valence-corrected chi connectivity index (χ4v) is 4.67. The topological polar surface area (TPSA) is 69.7 Å². The molecule has 1 heterocycles. The van der Waals surface area contributed by atoms with Crippen LogP contribution in [0.15, 0.2) is 12.2 Å². The number of hydrogen-bond acceptors (Lipinski definition) is 3. The maximum Gasteiger partial charge on any atom is 0.319 e. The molecule has 1 saturated carbocycles. The van der Waals surface area contributed by atoms with Crippen molar-refractivity contribution >= 4 is 17.8 Å². The predicted molar refractivity (Wildman–Crippen MR) is 94.3 cm³/mol. The van der Waals surface area contributed by atoms with Crippen LogP contribution in [0, 0.1) is 23.7 Å². The second kappa shape index (κ2) is 7.18. The number of nitrogens with one attached hydrogen (secondary N) is 1. The second-order valence-electron chi connectivity index (χ2n) is 7.50. The molecule has 0 spiro atoms. The lowest BCUT2D eigenvalue weighted by atomic mass is 9.63. The van der Waals surface area contributed by atoms with Gasteiger partial charge in [-0.2, -0.15) is 0 Å². The number of rotatable bonds is 6. The lowest BCUT2D eigenvalue weighted by Gasteiger charge is -2.38. The number of hydrogen-bond donors (Lipinski definition) is 1. The monoisotopic (exact) mass is 347 g/mol. The minimum Gasteiger partial charge on any atom is -0.325 e. The van der Waals surface area contributed by atoms with Gasteiger partial charge < -0.3 is 10.2 Å². The van der Waals surface area contributed by atoms with Crippen LogP contribution < -0.4 is 5.32 Å². The largest absolute Gasteiger partial charge is 0.325 e. The van der Waals surface area contributed by atoms with Gasteiger partial charge in [0.05, 0.1) is 11.8 Å². The summed E-state index contributed by atoms with van der Waals surface area (Å²) in [7, 11) is 0. The SMILES string of the molecule is CCCN(CCC)C(=O)N[C@H](C)N1C(=O)[C@@H]2[C@H](C1=O)[C@H]1C=C[C@H]2CC1. The predicted octanol–water partition coefficient (Wildman–Crippen LogP) is 2.36. The molecular weight excluding hydrogens is 318 g/mol. The van der Waals surface area contributed by atoms with E-state index in [1.54, 1.807) is 11.8 Å². The van der Waals surface area contributed by atoms with Gasteiger partial charge in [0.2, 0.25) is 11.8 Å². The second-order valence-corrected chi connectivity index (χ2v) is 7.50. The van der Waals surface area contributed by atoms with Crippen molar-refractivity contribution in [2.24, 2.45) is 23.7 Å². The number of imide groups is 1. The van der Waals surface area contributed by atoms with E-state index in [2.05, 4.69) is 17.5 Å². The summed E-state index contributed by atoms with van der Waals surface area (Å²) in [6, 6.07) is -0.201. The highest BCUT2D eigenvalue weighted by atomic mass is 16.2. The highest BCUT2D eigenvalue weighted by Crippen LogP contribution is 2.49. The molecule has 4 aliphatic rings. The van der Waals surface area contributed by atoms with Crippen LogP contribution in [0.1, 0.15) is 46.5 Å². The Bertz CT molecular complexity index is 550. The Labute approximate surface area is 149 Å². The Morgan fingerprint density at radius 3 is 2.00 bits per heavy atom. The van der Waals surface area contributed by atoms with Gasteiger partial charge in [-0.3, -0.25) is 14.5 Å². The Morgan fingerprint density at radius 2 is 1.60 bits per heavy atom. The Balaban J connectivity index is 1.70. The quantitative estimate of drug-likeness (QED) is 0.592. The highest BCUT2D eigenvalue weighted by Gasteiger charge is 2.57. The molecule has 1 saturated heterocycles. The van der Waals surface area contributed by atoms with Gasteiger partial charge in [0.25, 0.3) is 0 Å². The lowest BCUT2D eigenvalue weighted by molar-refractivity contribution is -0.142. The number of nitrogens with zero attached hydrogens (tertiary/aromatic N) is 2. The number of amides is 4. The number of allylic oxidation sites excluding steroid dienone is 2. The van der Waals surface area contributed by atoms with E-state index >= 15 is 0 Å². The molecule has 25 heavy (non-hydrogen) atoms. The number of carbonyl (C=O) groups is 3. The minimum absolute atomic E-state index is 0.112. The van der Waals surface area contributed by atoms with E-state index in [0.29, 0.717) is 13.1 Å². The zero-order chi connectivity index (χ0) is 18.1. The molecule has 2 fully saturated rings. The summed E-state index contributed by atoms with van der Waals surface area (Å²) in [5.41, 5.74) is 0. The zero-order valence-electron chi connectivity index (χ0n) is 15.4. The number of carbonyl (C=O) groups excluding carboxylic acids is 3. The summed E-state index contributed by atoms with van der Waals surface area (Å²) in [5, 5.41) is 2.86. The summed E-state index contributed by atoms with van der Waals surface area (Å²) in [5.74, 6) is -0.318. The lowest BCUT2D eigenvalue weighted by Crippen LogP contribution is -2.53. The van der Waals surface area contributed by atoms with Gasteiger partial charge >= 0.3 is 6.03 Å². The number of fused-ring (bicyclic) bond motifs is 1. The Kier molecular flexibility index (Phi) is 5.16. The Hall–Kier alpha value is -1.85. The van der Waals surface area contributed by atoms with Crippen LogP contribution in [0.3, 0.4) is 0 Å². The van der Waals surface area contributed by atoms with E-state index in [4.69, 9.17) is 0 Å². The summed E-state index contributed by atoms with van der Waals surface area (Å²) >= 11 is 0. The molecule has 4 amide bonds. The molecule has 6 nitrogen and oxygen atoms in total. The molecular formula is C19H29N3O3. The van der Waals surface area contributed by atoms with E-state index in [-0.39, 0.29) is 41.5 Å². The molecule has 5 atom stereocenters. The van der Waals surface area contributed by atoms with Crippen molar-refractivity contribution in [3.05, 3.63) is 12.2 Å². The molecule has 3 aliphatic carbocycles. The van der Waals surface area contributed by atoms with Crippen molar-refractivity contribution in [2.75, 3.05) is 13.1 Å². The molecule has 2 bridgehead atoms. The third-order valence-electron chi connectivity index (χ3n) is 5.79. The van der Waals surface area contributed by atoms with Gasteiger partial charge in [0.15, 0.2) is 0 Å². The highest BCUT2D eigenvalue weighted by molar-refractivity contribution is 6.06. The average Bonchev–Trinajstić information content (AvgIpc) is 2.89. The molecule has 0 aromatic rings. The molecule has 4 rings (SSSR count). The molecule has 1 N–H and O–H groups in total. The summed E-state index contributed by atoms with van der Waals surface area (Å²) in [4.78, 5) is 41.4. The number of likely N-dealkylation sites (tertiary alicyclic amines) is 1. The molecule has 0 radical (unpaired) electrons. The third kappa shape index (κ3) is 3.07. The van der Waals surface area contributed by atoms with E-state index in [0.717, 1.165) is 25.7 Å². The summed E-state index contributed by atoms with van der Waals surface area (Å²) in [6.45, 7) is 7.14. The maximum atomic E-state index is 12.9. The number of urea groups is 1. The van der Waals surface area contributed by atoms with Crippen LogP contribution in [0.4, 0.5) is 4.79 Å². The van der Waals surface area contributed by atoms with Gasteiger partial charge in [-0.25, -0.2) is 4.79 Å². The van der Waals surface area contributed by atoms with Crippen LogP contribution in [-0.2, 0) is 9.59 Å². The molecule has 0 aromatic heterocycles. The van der Waals surface area contributed by atoms with E-state index in [9.17, 15) is 14.4 Å². The minimum atomic E-state index is -0.603. The van der Waals surface area contributed by atoms with Crippen molar-refractivity contribution in [1.29, 1.82) is 0 Å². The van der Waals surface area contributed by atoms with Crippen LogP contribution in [0.25, 0.3) is 0 Å². The van der Waals surface area contributed by atoms with Crippen molar-refractivity contribution in [2.45, 2.75) is 52.6 Å². The van der Waals surface area contributed by atoms with Gasteiger partial charge in [-0.05, 0) is 44.4 Å². The first kappa shape index (κ1) is 18.0. The van der Waals surface area contributed by atoms with Gasteiger partial charge in [0, 0.05) is 13.1 Å². The first-order chi connectivity index (χ1) is 12.0. The zero-order valence-corrected chi connectivity index (χ0v) is 15.4. The molecule has 1 aliphatic heterocycles. The van der Waals surface area contributed by atoms with E-state index < -0.39 is 6.17 Å². The first-order valence-corrected chi connectivity index (χ1v) is 9.60. The van der Waals surface area contributed by atoms with E-state index in [1.807, 2.05) is 13.8 Å². The van der Waals surface area contributed by atoms with Crippen LogP contribution in [0.2, 0.25) is 0 Å². The van der Waals surface area contributed by atoms with Crippen molar-refractivity contribution < 1.29 is 14.4 Å². The maximum absolute atomic E-state index is 12.9. The smallest absolute Gasteiger partial charge is 0.319 e. The first-order valence-electron chi connectivity index (χ1n) is 9.60. The fourth-order valence-electron chi connectivity index (χ4n) is 4.67. The van der Waals surface area contributed by atoms with Crippen molar-refractivity contribution in [3.8, 4) is 0 Å². The standard InChI is InChI=1S/C19H29N3O3/c1-4-10-21(11-5-2)19(25)20-12(3)22-17(23)15-13-6-7-14(9-8-13)16(15)18(22)24/h6-7,12-16H,4-5,8-11H2,1-3H3,(H,20,25)/t12-,13-,14-,15-,16+/m0/s1. The van der Waals surface area contributed by atoms with Crippen LogP contribution in [-0.4, -0.2) is 46.9 Å².